The number of carbonyl (C=O) groups is 1. The first-order valence-corrected chi connectivity index (χ1v) is 12.3. The summed E-state index contributed by atoms with van der Waals surface area (Å²) in [7, 11) is -2.46. The van der Waals surface area contributed by atoms with Gasteiger partial charge in [0.2, 0.25) is 15.9 Å². The van der Waals surface area contributed by atoms with Gasteiger partial charge in [-0.3, -0.25) is 4.79 Å². The zero-order valence-electron chi connectivity index (χ0n) is 19.0. The second-order valence-electron chi connectivity index (χ2n) is 7.92. The number of hydrogen-bond acceptors (Lipinski definition) is 5. The highest BCUT2D eigenvalue weighted by Gasteiger charge is 2.28. The minimum absolute atomic E-state index is 0.0650. The van der Waals surface area contributed by atoms with Gasteiger partial charge in [-0.1, -0.05) is 36.4 Å². The van der Waals surface area contributed by atoms with Crippen LogP contribution in [0.15, 0.2) is 94.4 Å². The van der Waals surface area contributed by atoms with Gasteiger partial charge in [-0.15, -0.1) is 0 Å². The van der Waals surface area contributed by atoms with E-state index in [-0.39, 0.29) is 24.0 Å². The summed E-state index contributed by atoms with van der Waals surface area (Å²) in [6, 6.07) is 23.1. The van der Waals surface area contributed by atoms with E-state index in [9.17, 15) is 13.2 Å². The molecule has 34 heavy (non-hydrogen) atoms. The van der Waals surface area contributed by atoms with Crippen molar-refractivity contribution in [2.75, 3.05) is 13.7 Å². The number of benzene rings is 3. The van der Waals surface area contributed by atoms with Crippen molar-refractivity contribution in [2.24, 2.45) is 0 Å². The van der Waals surface area contributed by atoms with Gasteiger partial charge in [0.15, 0.2) is 0 Å². The Balaban J connectivity index is 1.53. The SMILES string of the molecule is COc1ccc(S(=O)(=O)N(CC(=O)N[C@@H](C)c2ccc3ccccc3c2)Cc2ccco2)cc1. The third kappa shape index (κ3) is 5.30. The van der Waals surface area contributed by atoms with Crippen LogP contribution < -0.4 is 10.1 Å². The quantitative estimate of drug-likeness (QED) is 0.382. The monoisotopic (exact) mass is 478 g/mol. The molecule has 1 N–H and O–H groups in total. The molecule has 4 rings (SSSR count). The number of fused-ring (bicyclic) bond motifs is 1. The third-order valence-electron chi connectivity index (χ3n) is 5.58. The van der Waals surface area contributed by atoms with Crippen molar-refractivity contribution in [3.8, 4) is 5.75 Å². The van der Waals surface area contributed by atoms with E-state index >= 15 is 0 Å². The van der Waals surface area contributed by atoms with Crippen LogP contribution in [0.25, 0.3) is 10.8 Å². The van der Waals surface area contributed by atoms with E-state index in [0.717, 1.165) is 20.6 Å². The van der Waals surface area contributed by atoms with Crippen LogP contribution >= 0.6 is 0 Å². The molecule has 1 atom stereocenters. The van der Waals surface area contributed by atoms with Crippen molar-refractivity contribution in [1.82, 2.24) is 9.62 Å². The van der Waals surface area contributed by atoms with Gasteiger partial charge in [-0.2, -0.15) is 4.31 Å². The predicted molar refractivity (Wildman–Crippen MR) is 130 cm³/mol. The minimum Gasteiger partial charge on any atom is -0.497 e. The lowest BCUT2D eigenvalue weighted by Gasteiger charge is -2.22. The van der Waals surface area contributed by atoms with Gasteiger partial charge in [-0.05, 0) is 65.7 Å². The van der Waals surface area contributed by atoms with E-state index < -0.39 is 15.9 Å². The van der Waals surface area contributed by atoms with Crippen molar-refractivity contribution in [3.63, 3.8) is 0 Å². The van der Waals surface area contributed by atoms with Crippen LogP contribution in [0.5, 0.6) is 5.75 Å². The lowest BCUT2D eigenvalue weighted by Crippen LogP contribution is -2.41. The molecule has 0 fully saturated rings. The number of carbonyl (C=O) groups excluding carboxylic acids is 1. The molecule has 1 amide bonds. The van der Waals surface area contributed by atoms with Gasteiger partial charge in [-0.25, -0.2) is 8.42 Å². The summed E-state index contributed by atoms with van der Waals surface area (Å²) in [5, 5.41) is 5.10. The molecule has 0 aliphatic rings. The molecule has 0 aliphatic carbocycles. The summed E-state index contributed by atoms with van der Waals surface area (Å²) in [5.41, 5.74) is 0.933. The second-order valence-corrected chi connectivity index (χ2v) is 9.86. The van der Waals surface area contributed by atoms with Crippen LogP contribution in [-0.2, 0) is 21.4 Å². The molecule has 4 aromatic rings. The highest BCUT2D eigenvalue weighted by molar-refractivity contribution is 7.89. The highest BCUT2D eigenvalue weighted by Crippen LogP contribution is 2.23. The third-order valence-corrected chi connectivity index (χ3v) is 7.39. The molecule has 0 spiro atoms. The Morgan fingerprint density at radius 1 is 1.00 bits per heavy atom. The van der Waals surface area contributed by atoms with Crippen molar-refractivity contribution in [1.29, 1.82) is 0 Å². The average molecular weight is 479 g/mol. The maximum atomic E-state index is 13.4. The van der Waals surface area contributed by atoms with Crippen LogP contribution in [-0.4, -0.2) is 32.3 Å². The van der Waals surface area contributed by atoms with E-state index in [4.69, 9.17) is 9.15 Å². The number of hydrogen-bond donors (Lipinski definition) is 1. The maximum absolute atomic E-state index is 13.4. The standard InChI is InChI=1S/C26H26N2O5S/c1-19(21-10-9-20-6-3-4-7-22(20)16-21)27-26(29)18-28(17-24-8-5-15-33-24)34(30,31)25-13-11-23(32-2)12-14-25/h3-16,19H,17-18H2,1-2H3,(H,27,29)/t19-/m0/s1. The number of sulfonamides is 1. The Kier molecular flexibility index (Phi) is 7.00. The summed E-state index contributed by atoms with van der Waals surface area (Å²) in [5.74, 6) is 0.565. The molecular weight excluding hydrogens is 452 g/mol. The number of methoxy groups -OCH3 is 1. The number of nitrogens with one attached hydrogen (secondary N) is 1. The van der Waals surface area contributed by atoms with Crippen molar-refractivity contribution in [3.05, 3.63) is 96.4 Å². The number of rotatable bonds is 9. The van der Waals surface area contributed by atoms with Gasteiger partial charge in [0.05, 0.1) is 37.4 Å². The zero-order valence-corrected chi connectivity index (χ0v) is 19.8. The molecule has 7 nitrogen and oxygen atoms in total. The van der Waals surface area contributed by atoms with E-state index in [1.54, 1.807) is 24.3 Å². The molecule has 0 saturated carbocycles. The molecule has 176 valence electrons. The topological polar surface area (TPSA) is 88.9 Å². The van der Waals surface area contributed by atoms with Gasteiger partial charge in [0, 0.05) is 0 Å². The molecule has 3 aromatic carbocycles. The van der Waals surface area contributed by atoms with E-state index in [0.29, 0.717) is 11.5 Å². The zero-order chi connectivity index (χ0) is 24.1. The second kappa shape index (κ2) is 10.1. The molecule has 0 saturated heterocycles. The lowest BCUT2D eigenvalue weighted by atomic mass is 10.0. The van der Waals surface area contributed by atoms with Crippen LogP contribution in [0.3, 0.4) is 0 Å². The molecule has 1 heterocycles. The molecule has 0 aliphatic heterocycles. The number of ether oxygens (including phenoxy) is 1. The maximum Gasteiger partial charge on any atom is 0.243 e. The fourth-order valence-corrected chi connectivity index (χ4v) is 5.07. The average Bonchev–Trinajstić information content (AvgIpc) is 3.36. The Bertz CT molecular complexity index is 1370. The summed E-state index contributed by atoms with van der Waals surface area (Å²) >= 11 is 0. The summed E-state index contributed by atoms with van der Waals surface area (Å²) in [6.45, 7) is 1.45. The first-order valence-electron chi connectivity index (χ1n) is 10.8. The van der Waals surface area contributed by atoms with Crippen molar-refractivity contribution >= 4 is 26.7 Å². The summed E-state index contributed by atoms with van der Waals surface area (Å²) < 4.78 is 38.3. The Hall–Kier alpha value is -3.62. The van der Waals surface area contributed by atoms with Crippen LogP contribution in [0, 0.1) is 0 Å². The van der Waals surface area contributed by atoms with Crippen LogP contribution in [0.4, 0.5) is 0 Å². The largest absolute Gasteiger partial charge is 0.497 e. The molecule has 0 radical (unpaired) electrons. The van der Waals surface area contributed by atoms with E-state index in [2.05, 4.69) is 5.32 Å². The number of furan rings is 1. The van der Waals surface area contributed by atoms with E-state index in [1.165, 1.54) is 25.5 Å². The number of nitrogens with zero attached hydrogens (tertiary/aromatic N) is 1. The Morgan fingerprint density at radius 2 is 1.74 bits per heavy atom. The van der Waals surface area contributed by atoms with Gasteiger partial charge in [0.25, 0.3) is 0 Å². The van der Waals surface area contributed by atoms with Gasteiger partial charge < -0.3 is 14.5 Å². The predicted octanol–water partition coefficient (Wildman–Crippen LogP) is 4.51. The van der Waals surface area contributed by atoms with Crippen LogP contribution in [0.1, 0.15) is 24.3 Å². The lowest BCUT2D eigenvalue weighted by molar-refractivity contribution is -0.122. The fourth-order valence-electron chi connectivity index (χ4n) is 3.71. The molecule has 0 bridgehead atoms. The minimum atomic E-state index is -3.97. The molecule has 8 heteroatoms. The first kappa shape index (κ1) is 23.5. The van der Waals surface area contributed by atoms with Crippen LogP contribution in [0.2, 0.25) is 0 Å². The van der Waals surface area contributed by atoms with Gasteiger partial charge >= 0.3 is 0 Å². The molecular formula is C26H26N2O5S. The number of amides is 1. The smallest absolute Gasteiger partial charge is 0.243 e. The van der Waals surface area contributed by atoms with Crippen molar-refractivity contribution in [2.45, 2.75) is 24.4 Å². The Labute approximate surface area is 199 Å². The Morgan fingerprint density at radius 3 is 2.41 bits per heavy atom. The highest BCUT2D eigenvalue weighted by atomic mass is 32.2. The first-order chi connectivity index (χ1) is 16.4. The normalized spacial score (nSPS) is 12.6. The fraction of sp³-hybridized carbons (Fsp3) is 0.192. The van der Waals surface area contributed by atoms with E-state index in [1.807, 2.05) is 49.4 Å². The van der Waals surface area contributed by atoms with Gasteiger partial charge in [0.1, 0.15) is 11.5 Å². The molecule has 0 unspecified atom stereocenters. The molecule has 1 aromatic heterocycles. The van der Waals surface area contributed by atoms with Crippen molar-refractivity contribution < 1.29 is 22.4 Å². The summed E-state index contributed by atoms with van der Waals surface area (Å²) in [4.78, 5) is 13.0. The summed E-state index contributed by atoms with van der Waals surface area (Å²) in [6.07, 6.45) is 1.47.